The number of likely N-dealkylation sites (N-methyl/N-ethyl adjacent to an activating group) is 1. The Morgan fingerprint density at radius 2 is 1.88 bits per heavy atom. The lowest BCUT2D eigenvalue weighted by molar-refractivity contribution is -0.123. The van der Waals surface area contributed by atoms with Crippen LogP contribution in [0, 0.1) is 5.92 Å². The number of thiophene rings is 1. The average Bonchev–Trinajstić information content (AvgIpc) is 3.39. The number of aliphatic imine (C=N–C) groups is 1. The molecule has 0 N–H and O–H groups in total. The van der Waals surface area contributed by atoms with Crippen molar-refractivity contribution >= 4 is 46.3 Å². The van der Waals surface area contributed by atoms with E-state index in [4.69, 9.17) is 28.3 Å². The van der Waals surface area contributed by atoms with Gasteiger partial charge in [-0.3, -0.25) is 4.79 Å². The SMILES string of the molecule is CCc1c(C2=NC(=O)C(C)(C)N2C)nn(-c2ccc(Cl)cc2Cl)c1-c1ccc(CC(C)C)s1. The Bertz CT molecular complexity index is 1260. The van der Waals surface area contributed by atoms with Crippen LogP contribution < -0.4 is 0 Å². The van der Waals surface area contributed by atoms with Gasteiger partial charge in [0, 0.05) is 22.5 Å². The summed E-state index contributed by atoms with van der Waals surface area (Å²) in [6.45, 7) is 10.3. The number of amides is 1. The topological polar surface area (TPSA) is 50.5 Å². The molecule has 3 heterocycles. The van der Waals surface area contributed by atoms with Gasteiger partial charge in [-0.1, -0.05) is 44.0 Å². The quantitative estimate of drug-likeness (QED) is 0.378. The van der Waals surface area contributed by atoms with Crippen LogP contribution in [0.25, 0.3) is 16.3 Å². The summed E-state index contributed by atoms with van der Waals surface area (Å²) in [4.78, 5) is 21.4. The van der Waals surface area contributed by atoms with E-state index in [1.165, 1.54) is 4.88 Å². The summed E-state index contributed by atoms with van der Waals surface area (Å²) >= 11 is 14.6. The summed E-state index contributed by atoms with van der Waals surface area (Å²) < 4.78 is 1.88. The van der Waals surface area contributed by atoms with E-state index in [0.29, 0.717) is 27.5 Å². The lowest BCUT2D eigenvalue weighted by Gasteiger charge is -2.27. The maximum atomic E-state index is 12.6. The van der Waals surface area contributed by atoms with Gasteiger partial charge < -0.3 is 4.90 Å². The third-order valence-electron chi connectivity index (χ3n) is 6.08. The van der Waals surface area contributed by atoms with Crippen molar-refractivity contribution in [1.82, 2.24) is 14.7 Å². The molecule has 0 fully saturated rings. The number of hydrogen-bond acceptors (Lipinski definition) is 4. The zero-order chi connectivity index (χ0) is 24.1. The highest BCUT2D eigenvalue weighted by molar-refractivity contribution is 7.15. The van der Waals surface area contributed by atoms with Crippen LogP contribution in [0.1, 0.15) is 50.8 Å². The number of rotatable bonds is 6. The fourth-order valence-electron chi connectivity index (χ4n) is 3.99. The summed E-state index contributed by atoms with van der Waals surface area (Å²) in [6.07, 6.45) is 1.75. The Kier molecular flexibility index (Phi) is 6.47. The molecule has 1 aliphatic rings. The van der Waals surface area contributed by atoms with Crippen molar-refractivity contribution in [2.45, 2.75) is 53.0 Å². The molecule has 1 aliphatic heterocycles. The van der Waals surface area contributed by atoms with Gasteiger partial charge in [0.05, 0.1) is 21.3 Å². The molecule has 0 saturated heterocycles. The van der Waals surface area contributed by atoms with Gasteiger partial charge in [0.1, 0.15) is 11.2 Å². The van der Waals surface area contributed by atoms with Crippen LogP contribution in [0.5, 0.6) is 0 Å². The van der Waals surface area contributed by atoms with E-state index in [2.05, 4.69) is 37.9 Å². The molecule has 0 aliphatic carbocycles. The first-order valence-electron chi connectivity index (χ1n) is 11.1. The van der Waals surface area contributed by atoms with Crippen LogP contribution in [0.2, 0.25) is 10.0 Å². The molecule has 1 amide bonds. The number of nitrogens with zero attached hydrogens (tertiary/aromatic N) is 4. The second kappa shape index (κ2) is 8.90. The van der Waals surface area contributed by atoms with Gasteiger partial charge >= 0.3 is 0 Å². The van der Waals surface area contributed by atoms with Crippen molar-refractivity contribution in [3.8, 4) is 16.3 Å². The van der Waals surface area contributed by atoms with Crippen LogP contribution in [0.4, 0.5) is 0 Å². The first-order valence-corrected chi connectivity index (χ1v) is 12.7. The van der Waals surface area contributed by atoms with Crippen LogP contribution >= 0.6 is 34.5 Å². The Labute approximate surface area is 209 Å². The highest BCUT2D eigenvalue weighted by atomic mass is 35.5. The number of amidine groups is 1. The fourth-order valence-corrected chi connectivity index (χ4v) is 5.76. The Balaban J connectivity index is 1.97. The number of halogens is 2. The van der Waals surface area contributed by atoms with Gasteiger partial charge in [0.15, 0.2) is 5.84 Å². The Morgan fingerprint density at radius 1 is 1.15 bits per heavy atom. The van der Waals surface area contributed by atoms with Crippen molar-refractivity contribution in [1.29, 1.82) is 0 Å². The maximum Gasteiger partial charge on any atom is 0.273 e. The summed E-state index contributed by atoms with van der Waals surface area (Å²) in [5.74, 6) is 0.993. The molecule has 0 radical (unpaired) electrons. The van der Waals surface area contributed by atoms with Crippen LogP contribution in [-0.2, 0) is 17.6 Å². The molecule has 0 saturated carbocycles. The highest BCUT2D eigenvalue weighted by Crippen LogP contribution is 2.38. The molecule has 0 bridgehead atoms. The van der Waals surface area contributed by atoms with E-state index in [0.717, 1.165) is 34.7 Å². The van der Waals surface area contributed by atoms with Crippen LogP contribution in [0.3, 0.4) is 0 Å². The zero-order valence-corrected chi connectivity index (χ0v) is 22.1. The largest absolute Gasteiger partial charge is 0.343 e. The van der Waals surface area contributed by atoms with Gasteiger partial charge in [-0.25, -0.2) is 4.68 Å². The lowest BCUT2D eigenvalue weighted by atomic mass is 10.0. The Morgan fingerprint density at radius 3 is 2.45 bits per heavy atom. The number of hydrogen-bond donors (Lipinski definition) is 0. The molecule has 8 heteroatoms. The predicted molar refractivity (Wildman–Crippen MR) is 138 cm³/mol. The van der Waals surface area contributed by atoms with Gasteiger partial charge in [-0.15, -0.1) is 11.3 Å². The first kappa shape index (κ1) is 24.0. The van der Waals surface area contributed by atoms with E-state index < -0.39 is 5.54 Å². The minimum absolute atomic E-state index is 0.168. The van der Waals surface area contributed by atoms with E-state index in [1.807, 2.05) is 42.6 Å². The molecule has 5 nitrogen and oxygen atoms in total. The fraction of sp³-hybridized carbons (Fsp3) is 0.400. The minimum Gasteiger partial charge on any atom is -0.343 e. The molecular weight excluding hydrogens is 475 g/mol. The second-order valence-electron chi connectivity index (χ2n) is 9.26. The number of aromatic nitrogens is 2. The van der Waals surface area contributed by atoms with E-state index in [1.54, 1.807) is 17.4 Å². The smallest absolute Gasteiger partial charge is 0.273 e. The molecule has 4 rings (SSSR count). The summed E-state index contributed by atoms with van der Waals surface area (Å²) in [5.41, 5.74) is 2.75. The first-order chi connectivity index (χ1) is 15.5. The monoisotopic (exact) mass is 502 g/mol. The second-order valence-corrected chi connectivity index (χ2v) is 11.3. The van der Waals surface area contributed by atoms with Gasteiger partial charge in [0.2, 0.25) is 0 Å². The van der Waals surface area contributed by atoms with Crippen molar-refractivity contribution in [2.75, 3.05) is 7.05 Å². The summed E-state index contributed by atoms with van der Waals surface area (Å²) in [5, 5.41) is 6.07. The molecule has 3 aromatic rings. The molecule has 0 spiro atoms. The van der Waals surface area contributed by atoms with Crippen molar-refractivity contribution in [2.24, 2.45) is 10.9 Å². The molecule has 33 heavy (non-hydrogen) atoms. The van der Waals surface area contributed by atoms with Gasteiger partial charge in [0.25, 0.3) is 5.91 Å². The minimum atomic E-state index is -0.713. The summed E-state index contributed by atoms with van der Waals surface area (Å²) in [7, 11) is 1.89. The standard InChI is InChI=1S/C25H28Cl2N4OS/c1-7-17-21(23-28-24(32)25(4,5)30(23)6)29-31(19-10-8-15(26)13-18(19)27)22(17)20-11-9-16(33-20)12-14(2)3/h8-11,13-14H,7,12H2,1-6H3. The maximum absolute atomic E-state index is 12.6. The third-order valence-corrected chi connectivity index (χ3v) is 7.73. The Hall–Kier alpha value is -2.15. The lowest BCUT2D eigenvalue weighted by Crippen LogP contribution is -2.44. The number of benzene rings is 1. The highest BCUT2D eigenvalue weighted by Gasteiger charge is 2.42. The molecule has 0 atom stereocenters. The van der Waals surface area contributed by atoms with E-state index in [9.17, 15) is 4.79 Å². The number of carbonyl (C=O) groups excluding carboxylic acids is 1. The normalized spacial score (nSPS) is 15.6. The summed E-state index contributed by atoms with van der Waals surface area (Å²) in [6, 6.07) is 9.75. The third kappa shape index (κ3) is 4.25. The molecule has 2 aromatic heterocycles. The molecule has 0 unspecified atom stereocenters. The van der Waals surface area contributed by atoms with Crippen LogP contribution in [0.15, 0.2) is 35.3 Å². The van der Waals surface area contributed by atoms with Crippen molar-refractivity contribution in [3.05, 3.63) is 56.5 Å². The van der Waals surface area contributed by atoms with Crippen LogP contribution in [-0.4, -0.2) is 39.0 Å². The van der Waals surface area contributed by atoms with Gasteiger partial charge in [-0.05, 0) is 62.9 Å². The molecule has 1 aromatic carbocycles. The molecule has 174 valence electrons. The predicted octanol–water partition coefficient (Wildman–Crippen LogP) is 6.67. The van der Waals surface area contributed by atoms with E-state index in [-0.39, 0.29) is 5.91 Å². The van der Waals surface area contributed by atoms with E-state index >= 15 is 0 Å². The van der Waals surface area contributed by atoms with Crippen molar-refractivity contribution in [3.63, 3.8) is 0 Å². The van der Waals surface area contributed by atoms with Crippen molar-refractivity contribution < 1.29 is 4.79 Å². The zero-order valence-electron chi connectivity index (χ0n) is 19.7. The molecular formula is C25H28Cl2N4OS. The number of carbonyl (C=O) groups is 1. The van der Waals surface area contributed by atoms with Gasteiger partial charge in [-0.2, -0.15) is 10.1 Å². The average molecular weight is 503 g/mol.